The van der Waals surface area contributed by atoms with E-state index >= 15 is 4.39 Å². The zero-order valence-electron chi connectivity index (χ0n) is 25.2. The molecule has 5 aliphatic rings. The van der Waals surface area contributed by atoms with E-state index in [4.69, 9.17) is 31.0 Å². The van der Waals surface area contributed by atoms with Gasteiger partial charge in [-0.15, -0.1) is 11.3 Å². The van der Waals surface area contributed by atoms with Crippen LogP contribution in [0.15, 0.2) is 18.2 Å². The Labute approximate surface area is 276 Å². The Hall–Kier alpha value is -3.83. The molecule has 0 radical (unpaired) electrons. The van der Waals surface area contributed by atoms with Gasteiger partial charge < -0.3 is 19.7 Å². The Morgan fingerprint density at radius 2 is 2.13 bits per heavy atom. The van der Waals surface area contributed by atoms with Gasteiger partial charge in [0.2, 0.25) is 0 Å². The number of hydrogen-bond donors (Lipinski definition) is 2. The van der Waals surface area contributed by atoms with E-state index in [1.807, 2.05) is 12.1 Å². The first-order valence-corrected chi connectivity index (χ1v) is 17.3. The van der Waals surface area contributed by atoms with Crippen LogP contribution in [0.3, 0.4) is 0 Å². The van der Waals surface area contributed by atoms with Gasteiger partial charge in [0.05, 0.1) is 27.4 Å². The summed E-state index contributed by atoms with van der Waals surface area (Å²) in [6, 6.07) is 8.21. The molecule has 5 atom stereocenters. The molecule has 2 aromatic carbocycles. The van der Waals surface area contributed by atoms with Crippen LogP contribution in [0.1, 0.15) is 37.8 Å². The van der Waals surface area contributed by atoms with E-state index in [2.05, 4.69) is 31.4 Å². The smallest absolute Gasteiger partial charge is 0.319 e. The number of hydrogen-bond acceptors (Lipinski definition) is 10. The van der Waals surface area contributed by atoms with Gasteiger partial charge in [-0.2, -0.15) is 20.3 Å². The topological polar surface area (TPSA) is 115 Å². The van der Waals surface area contributed by atoms with E-state index < -0.39 is 17.5 Å². The summed E-state index contributed by atoms with van der Waals surface area (Å²) in [5, 5.41) is 22.5. The van der Waals surface area contributed by atoms with Crippen LogP contribution in [0.25, 0.3) is 42.3 Å². The van der Waals surface area contributed by atoms with Gasteiger partial charge in [-0.25, -0.2) is 8.78 Å². The molecule has 0 unspecified atom stereocenters. The van der Waals surface area contributed by atoms with Gasteiger partial charge in [-0.05, 0) is 43.9 Å². The summed E-state index contributed by atoms with van der Waals surface area (Å²) in [4.78, 5) is 14.7. The number of nitrogens with zero attached hydrogens (tertiary/aromatic N) is 6. The van der Waals surface area contributed by atoms with E-state index in [0.717, 1.165) is 36.9 Å². The Morgan fingerprint density at radius 1 is 1.21 bits per heavy atom. The number of aromatic amines is 1. The van der Waals surface area contributed by atoms with E-state index in [0.29, 0.717) is 69.9 Å². The monoisotopic (exact) mass is 674 g/mol. The lowest BCUT2D eigenvalue weighted by atomic mass is 9.95. The van der Waals surface area contributed by atoms with Gasteiger partial charge in [0.1, 0.15) is 47.3 Å². The van der Waals surface area contributed by atoms with Crippen molar-refractivity contribution in [1.82, 2.24) is 30.4 Å². The minimum absolute atomic E-state index is 0.0511. The molecule has 2 bridgehead atoms. The molecule has 2 N–H and O–H groups in total. The van der Waals surface area contributed by atoms with Gasteiger partial charge in [0.25, 0.3) is 0 Å². The maximum absolute atomic E-state index is 17.3. The van der Waals surface area contributed by atoms with E-state index in [1.165, 1.54) is 11.3 Å². The number of nitrogens with one attached hydrogen (secondary N) is 2. The number of thiophene rings is 1. The number of benzene rings is 2. The fraction of sp³-hybridized carbons (Fsp3) is 0.455. The third kappa shape index (κ3) is 3.95. The zero-order chi connectivity index (χ0) is 31.6. The molecule has 5 aromatic rings. The van der Waals surface area contributed by atoms with Crippen LogP contribution in [-0.2, 0) is 0 Å². The predicted octanol–water partition coefficient (Wildman–Crippen LogP) is 5.71. The van der Waals surface area contributed by atoms with Crippen LogP contribution in [0.2, 0.25) is 5.02 Å². The lowest BCUT2D eigenvalue weighted by Gasteiger charge is -2.40. The highest BCUT2D eigenvalue weighted by Gasteiger charge is 2.50. The highest BCUT2D eigenvalue weighted by atomic mass is 35.5. The normalized spacial score (nSPS) is 28.1. The summed E-state index contributed by atoms with van der Waals surface area (Å²) < 4.78 is 45.6. The van der Waals surface area contributed by atoms with Crippen molar-refractivity contribution in [3.63, 3.8) is 0 Å². The van der Waals surface area contributed by atoms with E-state index in [9.17, 15) is 9.65 Å². The van der Waals surface area contributed by atoms with E-state index in [-0.39, 0.29) is 46.8 Å². The lowest BCUT2D eigenvalue weighted by Crippen LogP contribution is -2.60. The fourth-order valence-corrected chi connectivity index (χ4v) is 10.3. The molecule has 0 spiro atoms. The number of H-pyrrole nitrogens is 1. The molecule has 3 aromatic heterocycles. The van der Waals surface area contributed by atoms with Crippen LogP contribution in [0, 0.1) is 17.1 Å². The maximum atomic E-state index is 17.3. The molecule has 4 saturated heterocycles. The number of nitriles is 1. The van der Waals surface area contributed by atoms with Gasteiger partial charge in [-0.1, -0.05) is 23.7 Å². The largest absolute Gasteiger partial charge is 0.489 e. The molecule has 14 heteroatoms. The molecule has 8 heterocycles. The molecular weight excluding hydrogens is 646 g/mol. The van der Waals surface area contributed by atoms with Crippen LogP contribution < -0.4 is 19.7 Å². The summed E-state index contributed by atoms with van der Waals surface area (Å²) in [6.07, 6.45) is 3.36. The van der Waals surface area contributed by atoms with Gasteiger partial charge in [-0.3, -0.25) is 10.00 Å². The van der Waals surface area contributed by atoms with Crippen molar-refractivity contribution in [1.29, 1.82) is 5.26 Å². The number of alkyl halides is 1. The van der Waals surface area contributed by atoms with Crippen LogP contribution in [-0.4, -0.2) is 87.7 Å². The standard InChI is InChI=1S/C33H29ClF2N8O2S/c34-26-23(17-3-1-4-21-22(17)24-19(10-37)41-42-31(24)47-21)27(36)28-25-29(26)45-13-20-18-6-5-16(38-18)12-44(20)30(25)40-32(39-28)46-14-33-7-2-8-43(33)11-15(35)9-33/h1,3-4,15-16,18,20,38H,2,5-9,11-14H2,(H,41,42)/t15-,16-,18+,20-,33+/m1/s1. The Bertz CT molecular complexity index is 2190. The van der Waals surface area contributed by atoms with Crippen molar-refractivity contribution in [2.45, 2.75) is 61.9 Å². The van der Waals surface area contributed by atoms with E-state index in [1.54, 1.807) is 6.07 Å². The van der Waals surface area contributed by atoms with Gasteiger partial charge >= 0.3 is 6.01 Å². The number of fused-ring (bicyclic) bond motifs is 9. The first-order valence-electron chi connectivity index (χ1n) is 16.1. The number of anilines is 1. The number of rotatable bonds is 4. The Balaban J connectivity index is 1.19. The summed E-state index contributed by atoms with van der Waals surface area (Å²) in [6.45, 7) is 2.48. The molecule has 4 fully saturated rings. The second-order valence-corrected chi connectivity index (χ2v) is 14.9. The van der Waals surface area contributed by atoms with Crippen molar-refractivity contribution in [2.75, 3.05) is 37.7 Å². The Kier molecular flexibility index (Phi) is 6.05. The molecule has 5 aliphatic heterocycles. The van der Waals surface area contributed by atoms with Crippen LogP contribution in [0.4, 0.5) is 14.6 Å². The molecule has 0 aliphatic carbocycles. The lowest BCUT2D eigenvalue weighted by molar-refractivity contribution is 0.107. The first kappa shape index (κ1) is 28.2. The number of piperazine rings is 1. The molecular formula is C33H29ClF2N8O2S. The minimum Gasteiger partial charge on any atom is -0.489 e. The molecule has 47 heavy (non-hydrogen) atoms. The van der Waals surface area contributed by atoms with Crippen molar-refractivity contribution in [2.24, 2.45) is 0 Å². The second kappa shape index (κ2) is 10.1. The summed E-state index contributed by atoms with van der Waals surface area (Å²) in [5.74, 6) is 0.251. The van der Waals surface area contributed by atoms with Gasteiger partial charge in [0.15, 0.2) is 11.6 Å². The van der Waals surface area contributed by atoms with Crippen LogP contribution in [0.5, 0.6) is 11.8 Å². The number of halogens is 3. The quantitative estimate of drug-likeness (QED) is 0.247. The SMILES string of the molecule is N#Cc1[nH]nc2sc3cccc(-c4c(Cl)c5c6c(nc(OC[C@@]78CCCN7C[C@H](F)C8)nc6c4F)N4C[C@H]6CC[C@H](N6)[C@H]4CO5)c3c12. The summed E-state index contributed by atoms with van der Waals surface area (Å²) in [5.41, 5.74) is 0.590. The summed E-state index contributed by atoms with van der Waals surface area (Å²) in [7, 11) is 0. The fourth-order valence-electron chi connectivity index (χ4n) is 8.93. The third-order valence-electron chi connectivity index (χ3n) is 11.0. The molecule has 0 amide bonds. The number of aromatic nitrogens is 4. The van der Waals surface area contributed by atoms with Crippen molar-refractivity contribution in [3.05, 3.63) is 34.7 Å². The third-order valence-corrected chi connectivity index (χ3v) is 12.4. The maximum Gasteiger partial charge on any atom is 0.319 e. The highest BCUT2D eigenvalue weighted by molar-refractivity contribution is 7.25. The molecule has 240 valence electrons. The average molecular weight is 675 g/mol. The Morgan fingerprint density at radius 3 is 3.02 bits per heavy atom. The van der Waals surface area contributed by atoms with Crippen LogP contribution >= 0.6 is 22.9 Å². The first-order chi connectivity index (χ1) is 22.9. The van der Waals surface area contributed by atoms with Crippen molar-refractivity contribution in [3.8, 4) is 29.0 Å². The highest BCUT2D eigenvalue weighted by Crippen LogP contribution is 2.52. The molecule has 10 nitrogen and oxygen atoms in total. The summed E-state index contributed by atoms with van der Waals surface area (Å²) >= 11 is 8.61. The predicted molar refractivity (Wildman–Crippen MR) is 175 cm³/mol. The van der Waals surface area contributed by atoms with Crippen molar-refractivity contribution < 1.29 is 18.3 Å². The minimum atomic E-state index is -0.900. The average Bonchev–Trinajstić information content (AvgIpc) is 3.86. The van der Waals surface area contributed by atoms with Crippen molar-refractivity contribution >= 4 is 60.0 Å². The van der Waals surface area contributed by atoms with Gasteiger partial charge in [0, 0.05) is 47.2 Å². The zero-order valence-corrected chi connectivity index (χ0v) is 26.7. The number of ether oxygens (including phenoxy) is 2. The molecule has 0 saturated carbocycles. The molecule has 10 rings (SSSR count). The second-order valence-electron chi connectivity index (χ2n) is 13.5.